The van der Waals surface area contributed by atoms with Gasteiger partial charge in [0.15, 0.2) is 5.13 Å². The van der Waals surface area contributed by atoms with Crippen molar-refractivity contribution >= 4 is 48.9 Å². The van der Waals surface area contributed by atoms with E-state index in [4.69, 9.17) is 0 Å². The zero-order valence-electron chi connectivity index (χ0n) is 13.9. The van der Waals surface area contributed by atoms with Crippen molar-refractivity contribution in [2.45, 2.75) is 6.92 Å². The van der Waals surface area contributed by atoms with Gasteiger partial charge in [-0.2, -0.15) is 0 Å². The van der Waals surface area contributed by atoms with Crippen LogP contribution in [0.1, 0.15) is 15.2 Å². The lowest BCUT2D eigenvalue weighted by atomic mass is 10.2. The molecule has 0 aliphatic carbocycles. The summed E-state index contributed by atoms with van der Waals surface area (Å²) in [7, 11) is 3.71. The summed E-state index contributed by atoms with van der Waals surface area (Å²) in [5.41, 5.74) is 2.24. The molecule has 7 heteroatoms. The van der Waals surface area contributed by atoms with Crippen LogP contribution in [-0.4, -0.2) is 43.0 Å². The minimum absolute atomic E-state index is 0.0499. The Balaban J connectivity index is 1.76. The third-order valence-electron chi connectivity index (χ3n) is 3.73. The third-order valence-corrected chi connectivity index (χ3v) is 5.79. The molecule has 0 atom stereocenters. The molecule has 0 fully saturated rings. The Morgan fingerprint density at radius 1 is 1.29 bits per heavy atom. The van der Waals surface area contributed by atoms with Crippen molar-refractivity contribution in [2.75, 3.05) is 32.5 Å². The monoisotopic (exact) mass is 360 g/mol. The number of aryl methyl sites for hydroxylation is 1. The van der Waals surface area contributed by atoms with Crippen molar-refractivity contribution in [3.63, 3.8) is 0 Å². The number of anilines is 2. The van der Waals surface area contributed by atoms with Crippen molar-refractivity contribution < 1.29 is 4.79 Å². The normalized spacial score (nSPS) is 11.0. The van der Waals surface area contributed by atoms with Crippen LogP contribution in [0, 0.1) is 6.92 Å². The summed E-state index contributed by atoms with van der Waals surface area (Å²) in [4.78, 5) is 20.4. The lowest BCUT2D eigenvalue weighted by molar-refractivity contribution is 0.0801. The van der Waals surface area contributed by atoms with Crippen LogP contribution in [0.3, 0.4) is 0 Å². The number of benzene rings is 1. The fraction of sp³-hybridized carbons (Fsp3) is 0.294. The predicted molar refractivity (Wildman–Crippen MR) is 103 cm³/mol. The van der Waals surface area contributed by atoms with E-state index in [1.54, 1.807) is 16.2 Å². The van der Waals surface area contributed by atoms with Crippen LogP contribution in [0.5, 0.6) is 0 Å². The number of thiophene rings is 1. The maximum atomic E-state index is 12.4. The number of nitrogens with one attached hydrogen (secondary N) is 2. The van der Waals surface area contributed by atoms with Gasteiger partial charge in [0.25, 0.3) is 5.91 Å². The van der Waals surface area contributed by atoms with E-state index in [0.717, 1.165) is 31.8 Å². The molecule has 0 bridgehead atoms. The molecular weight excluding hydrogens is 340 g/mol. The highest BCUT2D eigenvalue weighted by Gasteiger charge is 2.17. The van der Waals surface area contributed by atoms with Gasteiger partial charge in [0.05, 0.1) is 9.58 Å². The first-order chi connectivity index (χ1) is 11.6. The largest absolute Gasteiger partial charge is 0.340 e. The van der Waals surface area contributed by atoms with E-state index in [1.165, 1.54) is 16.9 Å². The first kappa shape index (κ1) is 16.9. The summed E-state index contributed by atoms with van der Waals surface area (Å²) in [6.45, 7) is 3.54. The average molecular weight is 361 g/mol. The predicted octanol–water partition coefficient (Wildman–Crippen LogP) is 3.70. The molecule has 3 rings (SSSR count). The fourth-order valence-corrected chi connectivity index (χ4v) is 4.41. The number of para-hydroxylation sites is 1. The van der Waals surface area contributed by atoms with Gasteiger partial charge >= 0.3 is 0 Å². The summed E-state index contributed by atoms with van der Waals surface area (Å²) in [5.74, 6) is 0.0499. The van der Waals surface area contributed by atoms with Crippen molar-refractivity contribution in [2.24, 2.45) is 0 Å². The SMILES string of the molecule is CNCCN(C)C(=O)c1cc2sc(Nc3ccccc3C)nc2s1. The van der Waals surface area contributed by atoms with Crippen LogP contribution in [-0.2, 0) is 0 Å². The second kappa shape index (κ2) is 7.29. The Morgan fingerprint density at radius 3 is 2.79 bits per heavy atom. The van der Waals surface area contributed by atoms with E-state index < -0.39 is 0 Å². The van der Waals surface area contributed by atoms with Crippen molar-refractivity contribution in [1.29, 1.82) is 0 Å². The minimum Gasteiger partial charge on any atom is -0.340 e. The molecule has 1 aromatic carbocycles. The van der Waals surface area contributed by atoms with Crippen molar-refractivity contribution in [3.8, 4) is 0 Å². The summed E-state index contributed by atoms with van der Waals surface area (Å²) in [6.07, 6.45) is 0. The molecule has 0 spiro atoms. The maximum absolute atomic E-state index is 12.4. The topological polar surface area (TPSA) is 57.3 Å². The van der Waals surface area contributed by atoms with Gasteiger partial charge < -0.3 is 15.5 Å². The Kier molecular flexibility index (Phi) is 5.13. The molecule has 0 radical (unpaired) electrons. The van der Waals surface area contributed by atoms with Gasteiger partial charge in [0.2, 0.25) is 0 Å². The summed E-state index contributed by atoms with van der Waals surface area (Å²) in [6, 6.07) is 10.1. The van der Waals surface area contributed by atoms with Crippen LogP contribution in [0.2, 0.25) is 0 Å². The molecule has 2 aromatic heterocycles. The lowest BCUT2D eigenvalue weighted by Crippen LogP contribution is -2.32. The number of carbonyl (C=O) groups is 1. The van der Waals surface area contributed by atoms with E-state index in [0.29, 0.717) is 6.54 Å². The van der Waals surface area contributed by atoms with Crippen LogP contribution < -0.4 is 10.6 Å². The number of hydrogen-bond acceptors (Lipinski definition) is 6. The molecule has 0 aliphatic rings. The molecule has 0 aliphatic heterocycles. The second-order valence-electron chi connectivity index (χ2n) is 5.57. The van der Waals surface area contributed by atoms with E-state index in [2.05, 4.69) is 28.6 Å². The molecule has 3 aromatic rings. The van der Waals surface area contributed by atoms with Gasteiger partial charge in [-0.25, -0.2) is 4.98 Å². The number of amides is 1. The number of rotatable bonds is 6. The molecule has 0 saturated heterocycles. The fourth-order valence-electron chi connectivity index (χ4n) is 2.29. The highest BCUT2D eigenvalue weighted by Crippen LogP contribution is 2.35. The minimum atomic E-state index is 0.0499. The Bertz CT molecular complexity index is 824. The smallest absolute Gasteiger partial charge is 0.263 e. The number of thiazole rings is 1. The molecule has 2 heterocycles. The highest BCUT2D eigenvalue weighted by atomic mass is 32.1. The molecule has 5 nitrogen and oxygen atoms in total. The van der Waals surface area contributed by atoms with E-state index in [9.17, 15) is 4.79 Å². The first-order valence-corrected chi connectivity index (χ1v) is 9.35. The highest BCUT2D eigenvalue weighted by molar-refractivity contribution is 7.29. The van der Waals surface area contributed by atoms with Crippen molar-refractivity contribution in [3.05, 3.63) is 40.8 Å². The number of hydrogen-bond donors (Lipinski definition) is 2. The first-order valence-electron chi connectivity index (χ1n) is 7.71. The summed E-state index contributed by atoms with van der Waals surface area (Å²) < 4.78 is 1.04. The molecule has 1 amide bonds. The Hall–Kier alpha value is -1.96. The number of fused-ring (bicyclic) bond motifs is 1. The van der Waals surface area contributed by atoms with Gasteiger partial charge in [0, 0.05) is 25.8 Å². The average Bonchev–Trinajstić information content (AvgIpc) is 3.12. The third kappa shape index (κ3) is 3.58. The molecule has 126 valence electrons. The quantitative estimate of drug-likeness (QED) is 0.704. The molecule has 2 N–H and O–H groups in total. The molecular formula is C17H20N4OS2. The molecule has 0 unspecified atom stereocenters. The van der Waals surface area contributed by atoms with Crippen LogP contribution in [0.4, 0.5) is 10.8 Å². The lowest BCUT2D eigenvalue weighted by Gasteiger charge is -2.15. The number of likely N-dealkylation sites (N-methyl/N-ethyl adjacent to an activating group) is 2. The standard InChI is InChI=1S/C17H20N4OS2/c1-11-6-4-5-7-12(11)19-17-20-15-13(24-17)10-14(23-15)16(22)21(3)9-8-18-2/h4-7,10,18H,8-9H2,1-3H3,(H,19,20). The zero-order chi connectivity index (χ0) is 17.1. The van der Waals surface area contributed by atoms with Gasteiger partial charge in [-0.15, -0.1) is 11.3 Å². The van der Waals surface area contributed by atoms with Crippen LogP contribution >= 0.6 is 22.7 Å². The molecule has 0 saturated carbocycles. The van der Waals surface area contributed by atoms with Crippen LogP contribution in [0.15, 0.2) is 30.3 Å². The van der Waals surface area contributed by atoms with E-state index in [-0.39, 0.29) is 5.91 Å². The Morgan fingerprint density at radius 2 is 2.08 bits per heavy atom. The van der Waals surface area contributed by atoms with Gasteiger partial charge in [-0.1, -0.05) is 29.5 Å². The van der Waals surface area contributed by atoms with E-state index >= 15 is 0 Å². The Labute approximate surface area is 149 Å². The molecule has 24 heavy (non-hydrogen) atoms. The second-order valence-corrected chi connectivity index (χ2v) is 7.63. The van der Waals surface area contributed by atoms with Crippen molar-refractivity contribution in [1.82, 2.24) is 15.2 Å². The number of aromatic nitrogens is 1. The summed E-state index contributed by atoms with van der Waals surface area (Å²) >= 11 is 3.02. The van der Waals surface area contributed by atoms with Gasteiger partial charge in [0.1, 0.15) is 4.83 Å². The maximum Gasteiger partial charge on any atom is 0.263 e. The number of carbonyl (C=O) groups excluding carboxylic acids is 1. The van der Waals surface area contributed by atoms with E-state index in [1.807, 2.05) is 38.4 Å². The number of nitrogens with zero attached hydrogens (tertiary/aromatic N) is 2. The van der Waals surface area contributed by atoms with Crippen LogP contribution in [0.25, 0.3) is 9.53 Å². The van der Waals surface area contributed by atoms with Gasteiger partial charge in [-0.05, 0) is 31.7 Å². The van der Waals surface area contributed by atoms with Gasteiger partial charge in [-0.3, -0.25) is 4.79 Å². The zero-order valence-corrected chi connectivity index (χ0v) is 15.6. The summed E-state index contributed by atoms with van der Waals surface area (Å²) in [5, 5.41) is 7.26.